The number of thioether (sulfide) groups is 1. The van der Waals surface area contributed by atoms with Crippen LogP contribution in [0.2, 0.25) is 0 Å². The topological polar surface area (TPSA) is 69.0 Å². The monoisotopic (exact) mass is 422 g/mol. The summed E-state index contributed by atoms with van der Waals surface area (Å²) in [5, 5.41) is 12.2. The fourth-order valence-corrected chi connectivity index (χ4v) is 3.73. The number of aromatic nitrogens is 3. The number of allylic oxidation sites excluding steroid dienone is 1. The summed E-state index contributed by atoms with van der Waals surface area (Å²) >= 11 is 1.34. The van der Waals surface area contributed by atoms with Crippen molar-refractivity contribution in [2.45, 2.75) is 31.5 Å². The smallest absolute Gasteiger partial charge is 0.234 e. The number of methoxy groups -OCH3 is 1. The molecule has 1 aromatic heterocycles. The van der Waals surface area contributed by atoms with Crippen LogP contribution in [-0.2, 0) is 11.3 Å². The molecular weight excluding hydrogens is 396 g/mol. The zero-order valence-electron chi connectivity index (χ0n) is 17.5. The van der Waals surface area contributed by atoms with Crippen molar-refractivity contribution in [3.05, 3.63) is 66.7 Å². The van der Waals surface area contributed by atoms with Gasteiger partial charge in [0.2, 0.25) is 5.91 Å². The van der Waals surface area contributed by atoms with Crippen molar-refractivity contribution in [3.8, 4) is 17.1 Å². The van der Waals surface area contributed by atoms with E-state index in [2.05, 4.69) is 60.2 Å². The Morgan fingerprint density at radius 1 is 1.20 bits per heavy atom. The molecule has 3 rings (SSSR count). The van der Waals surface area contributed by atoms with Gasteiger partial charge in [0.15, 0.2) is 11.0 Å². The summed E-state index contributed by atoms with van der Waals surface area (Å²) in [6, 6.07) is 15.7. The van der Waals surface area contributed by atoms with Crippen LogP contribution in [0.4, 0.5) is 5.69 Å². The van der Waals surface area contributed by atoms with E-state index in [9.17, 15) is 4.79 Å². The first-order valence-corrected chi connectivity index (χ1v) is 10.7. The average Bonchev–Trinajstić information content (AvgIpc) is 3.15. The van der Waals surface area contributed by atoms with Crippen molar-refractivity contribution in [1.82, 2.24) is 14.8 Å². The third-order valence-corrected chi connectivity index (χ3v) is 5.54. The van der Waals surface area contributed by atoms with E-state index in [1.807, 2.05) is 16.7 Å². The molecule has 156 valence electrons. The Kier molecular flexibility index (Phi) is 7.30. The minimum atomic E-state index is -0.138. The second-order valence-corrected chi connectivity index (χ2v) is 7.96. The maximum atomic E-state index is 12.4. The number of carbonyl (C=O) groups excluding carboxylic acids is 1. The van der Waals surface area contributed by atoms with Crippen LogP contribution in [0.15, 0.2) is 66.3 Å². The summed E-state index contributed by atoms with van der Waals surface area (Å²) < 4.78 is 7.25. The minimum absolute atomic E-state index is 0.138. The SMILES string of the molecule is C=CCn1c(SCC(=O)Nc2ccccc2OC)nnc1-c1ccc(C(C)C)cc1. The Bertz CT molecular complexity index is 1010. The van der Waals surface area contributed by atoms with Gasteiger partial charge >= 0.3 is 0 Å². The molecular formula is C23H26N4O2S. The van der Waals surface area contributed by atoms with Crippen molar-refractivity contribution >= 4 is 23.4 Å². The normalized spacial score (nSPS) is 10.8. The van der Waals surface area contributed by atoms with Crippen molar-refractivity contribution in [2.24, 2.45) is 0 Å². The number of anilines is 1. The Morgan fingerprint density at radius 3 is 2.60 bits per heavy atom. The van der Waals surface area contributed by atoms with Gasteiger partial charge in [-0.25, -0.2) is 0 Å². The molecule has 30 heavy (non-hydrogen) atoms. The van der Waals surface area contributed by atoms with Crippen molar-refractivity contribution in [2.75, 3.05) is 18.2 Å². The van der Waals surface area contributed by atoms with Gasteiger partial charge in [-0.2, -0.15) is 0 Å². The number of amides is 1. The summed E-state index contributed by atoms with van der Waals surface area (Å²) in [7, 11) is 1.58. The van der Waals surface area contributed by atoms with E-state index in [0.717, 1.165) is 11.4 Å². The van der Waals surface area contributed by atoms with Crippen LogP contribution < -0.4 is 10.1 Å². The molecule has 7 heteroatoms. The fraction of sp³-hybridized carbons (Fsp3) is 0.261. The number of benzene rings is 2. The standard InChI is InChI=1S/C23H26N4O2S/c1-5-14-27-22(18-12-10-17(11-13-18)16(2)3)25-26-23(27)30-15-21(28)24-19-8-6-7-9-20(19)29-4/h5-13,16H,1,14-15H2,2-4H3,(H,24,28). The third kappa shape index (κ3) is 5.10. The van der Waals surface area contributed by atoms with Crippen molar-refractivity contribution < 1.29 is 9.53 Å². The van der Waals surface area contributed by atoms with E-state index >= 15 is 0 Å². The molecule has 0 fully saturated rings. The predicted molar refractivity (Wildman–Crippen MR) is 122 cm³/mol. The molecule has 1 amide bonds. The molecule has 3 aromatic rings. The summed E-state index contributed by atoms with van der Waals surface area (Å²) in [4.78, 5) is 12.4. The third-order valence-electron chi connectivity index (χ3n) is 4.58. The van der Waals surface area contributed by atoms with Gasteiger partial charge in [-0.15, -0.1) is 16.8 Å². The molecule has 0 saturated carbocycles. The highest BCUT2D eigenvalue weighted by atomic mass is 32.2. The molecule has 6 nitrogen and oxygen atoms in total. The fourth-order valence-electron chi connectivity index (χ4n) is 2.98. The molecule has 0 spiro atoms. The maximum Gasteiger partial charge on any atom is 0.234 e. The minimum Gasteiger partial charge on any atom is -0.495 e. The van der Waals surface area contributed by atoms with Gasteiger partial charge in [0.25, 0.3) is 0 Å². The van der Waals surface area contributed by atoms with Crippen LogP contribution >= 0.6 is 11.8 Å². The van der Waals surface area contributed by atoms with Crippen LogP contribution in [0.3, 0.4) is 0 Å². The first kappa shape index (κ1) is 21.6. The van der Waals surface area contributed by atoms with Crippen LogP contribution in [0.5, 0.6) is 5.75 Å². The second-order valence-electron chi connectivity index (χ2n) is 7.02. The molecule has 0 aliphatic heterocycles. The van der Waals surface area contributed by atoms with Crippen LogP contribution in [0, 0.1) is 0 Å². The van der Waals surface area contributed by atoms with Crippen LogP contribution in [0.1, 0.15) is 25.3 Å². The highest BCUT2D eigenvalue weighted by molar-refractivity contribution is 7.99. The first-order chi connectivity index (χ1) is 14.5. The van der Waals surface area contributed by atoms with Gasteiger partial charge in [0.1, 0.15) is 5.75 Å². The van der Waals surface area contributed by atoms with E-state index in [4.69, 9.17) is 4.74 Å². The van der Waals surface area contributed by atoms with Crippen LogP contribution in [-0.4, -0.2) is 33.5 Å². The lowest BCUT2D eigenvalue weighted by Crippen LogP contribution is -2.15. The molecule has 0 aliphatic rings. The Morgan fingerprint density at radius 2 is 1.93 bits per heavy atom. The highest BCUT2D eigenvalue weighted by Crippen LogP contribution is 2.27. The number of para-hydroxylation sites is 2. The van der Waals surface area contributed by atoms with Crippen molar-refractivity contribution in [1.29, 1.82) is 0 Å². The molecule has 2 aromatic carbocycles. The number of nitrogens with zero attached hydrogens (tertiary/aromatic N) is 3. The van der Waals surface area contributed by atoms with Gasteiger partial charge in [0, 0.05) is 12.1 Å². The summed E-state index contributed by atoms with van der Waals surface area (Å²) in [6.07, 6.45) is 1.80. The Labute approximate surface area is 181 Å². The lowest BCUT2D eigenvalue weighted by Gasteiger charge is -2.11. The molecule has 1 heterocycles. The zero-order chi connectivity index (χ0) is 21.5. The number of hydrogen-bond donors (Lipinski definition) is 1. The highest BCUT2D eigenvalue weighted by Gasteiger charge is 2.16. The number of ether oxygens (including phenoxy) is 1. The predicted octanol–water partition coefficient (Wildman–Crippen LogP) is 4.99. The number of rotatable bonds is 9. The van der Waals surface area contributed by atoms with E-state index < -0.39 is 0 Å². The lowest BCUT2D eigenvalue weighted by atomic mass is 10.0. The van der Waals surface area contributed by atoms with Crippen LogP contribution in [0.25, 0.3) is 11.4 Å². The zero-order valence-corrected chi connectivity index (χ0v) is 18.3. The molecule has 0 aliphatic carbocycles. The number of nitrogens with one attached hydrogen (secondary N) is 1. The molecule has 0 saturated heterocycles. The molecule has 0 unspecified atom stereocenters. The van der Waals surface area contributed by atoms with Crippen molar-refractivity contribution in [3.63, 3.8) is 0 Å². The van der Waals surface area contributed by atoms with Gasteiger partial charge < -0.3 is 10.1 Å². The quantitative estimate of drug-likeness (QED) is 0.388. The van der Waals surface area contributed by atoms with E-state index in [1.54, 1.807) is 25.3 Å². The van der Waals surface area contributed by atoms with E-state index in [-0.39, 0.29) is 11.7 Å². The number of carbonyl (C=O) groups is 1. The molecule has 0 bridgehead atoms. The second kappa shape index (κ2) is 10.1. The molecule has 0 radical (unpaired) electrons. The van der Waals surface area contributed by atoms with Gasteiger partial charge in [-0.1, -0.05) is 68.1 Å². The van der Waals surface area contributed by atoms with E-state index in [1.165, 1.54) is 17.3 Å². The average molecular weight is 423 g/mol. The summed E-state index contributed by atoms with van der Waals surface area (Å²) in [6.45, 7) is 8.73. The maximum absolute atomic E-state index is 12.4. The van der Waals surface area contributed by atoms with Gasteiger partial charge in [0.05, 0.1) is 18.6 Å². The Balaban J connectivity index is 1.73. The largest absolute Gasteiger partial charge is 0.495 e. The first-order valence-electron chi connectivity index (χ1n) is 9.73. The van der Waals surface area contributed by atoms with Gasteiger partial charge in [-0.05, 0) is 23.6 Å². The Hall–Kier alpha value is -3.06. The molecule has 1 N–H and O–H groups in total. The summed E-state index contributed by atoms with van der Waals surface area (Å²) in [5.41, 5.74) is 2.90. The van der Waals surface area contributed by atoms with E-state index in [0.29, 0.717) is 29.1 Å². The lowest BCUT2D eigenvalue weighted by molar-refractivity contribution is -0.113. The summed E-state index contributed by atoms with van der Waals surface area (Å²) in [5.74, 6) is 1.92. The number of hydrogen-bond acceptors (Lipinski definition) is 5. The van der Waals surface area contributed by atoms with Gasteiger partial charge in [-0.3, -0.25) is 9.36 Å². The molecule has 0 atom stereocenters.